The Hall–Kier alpha value is -11.2. The van der Waals surface area contributed by atoms with E-state index in [0.29, 0.717) is 0 Å². The number of halogens is 1. The van der Waals surface area contributed by atoms with E-state index < -0.39 is 0 Å². The van der Waals surface area contributed by atoms with Crippen molar-refractivity contribution in [2.45, 2.75) is 63.2 Å². The second-order valence-electron chi connectivity index (χ2n) is 28.9. The van der Waals surface area contributed by atoms with Gasteiger partial charge in [-0.1, -0.05) is 271 Å². The third kappa shape index (κ3) is 13.4. The summed E-state index contributed by atoms with van der Waals surface area (Å²) < 4.78 is 13.3. The fraction of sp³-hybridized carbons (Fsp3) is 0.143. The molecule has 16 aromatic rings. The van der Waals surface area contributed by atoms with Crippen LogP contribution in [-0.4, -0.2) is 0 Å². The van der Waals surface area contributed by atoms with E-state index in [-0.39, 0.29) is 0 Å². The number of fused-ring (bicyclic) bond motifs is 10. The van der Waals surface area contributed by atoms with Crippen LogP contribution in [0.15, 0.2) is 353 Å². The van der Waals surface area contributed by atoms with Crippen LogP contribution in [0.3, 0.4) is 0 Å². The highest BCUT2D eigenvalue weighted by atomic mass is 79.9. The number of furan rings is 2. The van der Waals surface area contributed by atoms with Crippen molar-refractivity contribution in [3.8, 4) is 66.8 Å². The summed E-state index contributed by atoms with van der Waals surface area (Å²) in [7, 11) is 0. The minimum Gasteiger partial charge on any atom is -0.456 e. The van der Waals surface area contributed by atoms with Crippen LogP contribution in [0.5, 0.6) is 0 Å². The van der Waals surface area contributed by atoms with Gasteiger partial charge in [-0.15, -0.1) is 0 Å². The van der Waals surface area contributed by atoms with E-state index in [2.05, 4.69) is 323 Å². The third-order valence-corrected chi connectivity index (χ3v) is 23.3. The molecule has 103 heavy (non-hydrogen) atoms. The van der Waals surface area contributed by atoms with Gasteiger partial charge in [0.2, 0.25) is 0 Å². The molecule has 14 aromatic carbocycles. The van der Waals surface area contributed by atoms with Crippen LogP contribution in [0, 0.1) is 23.7 Å². The summed E-state index contributed by atoms with van der Waals surface area (Å²) in [6.07, 6.45) is 11.6. The molecule has 4 aliphatic rings. The van der Waals surface area contributed by atoms with Crippen LogP contribution in [0.2, 0.25) is 0 Å². The molecule has 4 saturated carbocycles. The molecule has 0 radical (unpaired) electrons. The first-order valence-corrected chi connectivity index (χ1v) is 37.6. The van der Waals surface area contributed by atoms with Crippen molar-refractivity contribution in [3.63, 3.8) is 0 Å². The molecule has 4 bridgehead atoms. The van der Waals surface area contributed by atoms with Crippen LogP contribution in [0.25, 0.3) is 111 Å². The maximum atomic E-state index is 6.20. The van der Waals surface area contributed by atoms with Gasteiger partial charge in [-0.2, -0.15) is 0 Å². The lowest BCUT2D eigenvalue weighted by Crippen LogP contribution is -2.09. The molecule has 4 nitrogen and oxygen atoms in total. The van der Waals surface area contributed by atoms with E-state index >= 15 is 0 Å². The fourth-order valence-electron chi connectivity index (χ4n) is 17.4. The van der Waals surface area contributed by atoms with Crippen LogP contribution in [0.4, 0.5) is 28.4 Å². The van der Waals surface area contributed by atoms with Crippen LogP contribution < -0.4 is 10.2 Å². The highest BCUT2D eigenvalue weighted by Crippen LogP contribution is 2.54. The Morgan fingerprint density at radius 3 is 0.990 bits per heavy atom. The summed E-state index contributed by atoms with van der Waals surface area (Å²) in [5.41, 5.74) is 27.0. The van der Waals surface area contributed by atoms with Gasteiger partial charge in [0.25, 0.3) is 0 Å². The highest BCUT2D eigenvalue weighted by molar-refractivity contribution is 9.10. The Balaban J connectivity index is 0.000000123. The molecule has 4 fully saturated rings. The van der Waals surface area contributed by atoms with Crippen molar-refractivity contribution in [1.82, 2.24) is 0 Å². The number of nitrogens with one attached hydrogen (secondary N) is 1. The zero-order chi connectivity index (χ0) is 68.6. The van der Waals surface area contributed by atoms with Crippen molar-refractivity contribution >= 4 is 88.2 Å². The van der Waals surface area contributed by atoms with Crippen LogP contribution >= 0.6 is 15.9 Å². The van der Waals surface area contributed by atoms with Gasteiger partial charge in [0.15, 0.2) is 0 Å². The average Bonchev–Trinajstić information content (AvgIpc) is 1.70. The smallest absolute Gasteiger partial charge is 0.135 e. The summed E-state index contributed by atoms with van der Waals surface area (Å²) in [5, 5.41) is 8.04. The first-order chi connectivity index (χ1) is 50.9. The zero-order valence-electron chi connectivity index (χ0n) is 57.6. The molecular weight excluding hydrogens is 1320 g/mol. The molecule has 4 aliphatic carbocycles. The second kappa shape index (κ2) is 28.3. The predicted octanol–water partition coefficient (Wildman–Crippen LogP) is 28.6. The summed E-state index contributed by atoms with van der Waals surface area (Å²) in [6, 6.07) is 122. The van der Waals surface area contributed by atoms with Gasteiger partial charge in [0.1, 0.15) is 22.3 Å². The fourth-order valence-corrected chi connectivity index (χ4v) is 17.7. The first-order valence-electron chi connectivity index (χ1n) is 36.8. The van der Waals surface area contributed by atoms with Crippen molar-refractivity contribution in [1.29, 1.82) is 0 Å². The van der Waals surface area contributed by atoms with E-state index in [4.69, 9.17) is 8.83 Å². The van der Waals surface area contributed by atoms with Gasteiger partial charge in [0.05, 0.1) is 0 Å². The quantitative estimate of drug-likeness (QED) is 0.125. The van der Waals surface area contributed by atoms with Crippen LogP contribution in [0.1, 0.15) is 74.3 Å². The third-order valence-electron chi connectivity index (χ3n) is 22.7. The maximum absolute atomic E-state index is 6.20. The number of nitrogens with zero attached hydrogens (tertiary/aromatic N) is 1. The molecule has 2 heterocycles. The topological polar surface area (TPSA) is 41.6 Å². The van der Waals surface area contributed by atoms with Crippen molar-refractivity contribution in [2.75, 3.05) is 10.2 Å². The van der Waals surface area contributed by atoms with Crippen molar-refractivity contribution in [2.24, 2.45) is 23.7 Å². The molecule has 20 rings (SSSR count). The number of anilines is 5. The summed E-state index contributed by atoms with van der Waals surface area (Å²) in [6.45, 7) is 0. The molecule has 6 unspecified atom stereocenters. The standard InChI is InChI=1S/C49H39NO.C30H21NO.C19H19Br/c1-2-6-34(7-3-1)35-12-14-36(15-13-35)38-20-24-42(25-21-38)50(44-28-29-49-47(32-44)45-8-4-5-9-48(45)51-49)43-26-22-39(23-27-43)37-16-18-40(19-17-37)46-31-33-10-11-41(46)30-33;1-2-6-21(7-3-1)22-10-12-23(13-11-22)24-14-16-25(17-15-24)31-26-18-19-30-28(20-26)27-8-4-5-9-29(27)32-30;20-18-9-7-15(8-10-18)14-3-5-16(6-4-14)19-12-13-1-2-17(19)11-13/h1-9,12-29,32-33,41,46H,10-11,30-31H2;1-20,31H;3-10,13,17,19H,1-2,11-12H2. The van der Waals surface area contributed by atoms with Gasteiger partial charge >= 0.3 is 0 Å². The summed E-state index contributed by atoms with van der Waals surface area (Å²) >= 11 is 3.49. The first kappa shape index (κ1) is 63.9. The number of hydrogen-bond acceptors (Lipinski definition) is 4. The maximum Gasteiger partial charge on any atom is 0.135 e. The number of hydrogen-bond donors (Lipinski definition) is 1. The van der Waals surface area contributed by atoms with E-state index in [9.17, 15) is 0 Å². The molecular formula is C98H79BrN2O2. The van der Waals surface area contributed by atoms with Crippen molar-refractivity contribution in [3.05, 3.63) is 355 Å². The highest BCUT2D eigenvalue weighted by Gasteiger charge is 2.41. The van der Waals surface area contributed by atoms with Gasteiger partial charge in [-0.25, -0.2) is 0 Å². The average molecular weight is 1400 g/mol. The normalized spacial score (nSPS) is 17.8. The summed E-state index contributed by atoms with van der Waals surface area (Å²) in [5.74, 6) is 5.46. The van der Waals surface area contributed by atoms with Crippen LogP contribution in [-0.2, 0) is 0 Å². The van der Waals surface area contributed by atoms with Gasteiger partial charge in [0, 0.05) is 54.5 Å². The Morgan fingerprint density at radius 2 is 0.583 bits per heavy atom. The Bertz CT molecular complexity index is 5590. The van der Waals surface area contributed by atoms with E-state index in [1.807, 2.05) is 42.5 Å². The lowest BCUT2D eigenvalue weighted by atomic mass is 9.83. The zero-order valence-corrected chi connectivity index (χ0v) is 59.2. The SMILES string of the molecule is Brc1ccc(-c2ccc(C3CC4CCC3C4)cc2)cc1.c1ccc(-c2ccc(-c3ccc(N(c4ccc(-c5ccc(C6CC7CCC6C7)cc5)cc4)c4ccc5oc6ccccc6c5c4)cc3)cc2)cc1.c1ccc(-c2ccc(-c3ccc(Nc4ccc5oc6ccccc6c5c4)cc3)cc2)cc1. The van der Waals surface area contributed by atoms with Gasteiger partial charge in [-0.3, -0.25) is 0 Å². The molecule has 5 heteroatoms. The molecule has 2 aromatic heterocycles. The number of rotatable bonds is 13. The minimum absolute atomic E-state index is 0.762. The van der Waals surface area contributed by atoms with E-state index in [1.54, 1.807) is 5.56 Å². The molecule has 0 spiro atoms. The van der Waals surface area contributed by atoms with Gasteiger partial charge in [-0.05, 0) is 249 Å². The molecule has 6 atom stereocenters. The van der Waals surface area contributed by atoms with E-state index in [0.717, 1.165) is 112 Å². The molecule has 0 aliphatic heterocycles. The lowest BCUT2D eigenvalue weighted by molar-refractivity contribution is 0.420. The van der Waals surface area contributed by atoms with Gasteiger partial charge < -0.3 is 19.1 Å². The number of para-hydroxylation sites is 2. The number of benzene rings is 14. The Kier molecular flexibility index (Phi) is 17.6. The lowest BCUT2D eigenvalue weighted by Gasteiger charge is -2.26. The Labute approximate surface area is 612 Å². The van der Waals surface area contributed by atoms with E-state index in [1.165, 1.54) is 124 Å². The molecule has 0 amide bonds. The minimum atomic E-state index is 0.762. The summed E-state index contributed by atoms with van der Waals surface area (Å²) in [4.78, 5) is 2.35. The largest absolute Gasteiger partial charge is 0.456 e. The second-order valence-corrected chi connectivity index (χ2v) is 29.8. The molecule has 1 N–H and O–H groups in total. The van der Waals surface area contributed by atoms with Crippen molar-refractivity contribution < 1.29 is 8.83 Å². The monoisotopic (exact) mass is 1390 g/mol. The molecule has 0 saturated heterocycles. The predicted molar refractivity (Wildman–Crippen MR) is 435 cm³/mol. The molecule has 500 valence electrons. The Morgan fingerprint density at radius 1 is 0.262 bits per heavy atom.